The van der Waals surface area contributed by atoms with Crippen LogP contribution in [-0.4, -0.2) is 37.6 Å². The third kappa shape index (κ3) is 2.87. The molecule has 1 N–H and O–H groups in total. The van der Waals surface area contributed by atoms with Crippen LogP contribution in [0.2, 0.25) is 0 Å². The second kappa shape index (κ2) is 5.05. The molecule has 0 spiro atoms. The van der Waals surface area contributed by atoms with Gasteiger partial charge in [0.1, 0.15) is 17.3 Å². The van der Waals surface area contributed by atoms with Crippen molar-refractivity contribution in [3.63, 3.8) is 0 Å². The number of aliphatic hydroxyl groups excluding tert-OH is 1. The van der Waals surface area contributed by atoms with E-state index < -0.39 is 34.1 Å². The van der Waals surface area contributed by atoms with E-state index in [2.05, 4.69) is 0 Å². The first-order valence-electron chi connectivity index (χ1n) is 5.90. The van der Waals surface area contributed by atoms with Crippen LogP contribution in [0.4, 0.5) is 14.5 Å². The van der Waals surface area contributed by atoms with Crippen LogP contribution in [0.3, 0.4) is 0 Å². The van der Waals surface area contributed by atoms with Crippen molar-refractivity contribution in [1.29, 1.82) is 0 Å². The molecular weight excluding hydrogens is 276 g/mol. The van der Waals surface area contributed by atoms with Crippen LogP contribution in [0, 0.1) is 11.6 Å². The summed E-state index contributed by atoms with van der Waals surface area (Å²) in [5, 5.41) is 8.88. The number of aliphatic hydroxyl groups is 1. The van der Waals surface area contributed by atoms with Crippen LogP contribution < -0.4 is 4.90 Å². The molecule has 4 nitrogen and oxygen atoms in total. The standard InChI is InChI=1S/C12H15F2NO3S/c1-8-7-19(17,18)3-2-15(8)12-10(13)4-9(6-16)5-11(12)14/h4-5,8,16H,2-3,6-7H2,1H3. The summed E-state index contributed by atoms with van der Waals surface area (Å²) in [5.41, 5.74) is -0.0735. The van der Waals surface area contributed by atoms with Gasteiger partial charge in [0.15, 0.2) is 9.84 Å². The zero-order valence-electron chi connectivity index (χ0n) is 10.4. The Morgan fingerprint density at radius 2 is 1.95 bits per heavy atom. The van der Waals surface area contributed by atoms with Gasteiger partial charge in [0, 0.05) is 12.6 Å². The lowest BCUT2D eigenvalue weighted by Gasteiger charge is -2.35. The zero-order chi connectivity index (χ0) is 14.2. The Morgan fingerprint density at radius 3 is 2.42 bits per heavy atom. The fraction of sp³-hybridized carbons (Fsp3) is 0.500. The van der Waals surface area contributed by atoms with Crippen LogP contribution in [0.5, 0.6) is 0 Å². The van der Waals surface area contributed by atoms with Gasteiger partial charge in [0.05, 0.1) is 18.1 Å². The largest absolute Gasteiger partial charge is 0.392 e. The molecule has 0 aliphatic carbocycles. The van der Waals surface area contributed by atoms with Gasteiger partial charge in [0.25, 0.3) is 0 Å². The third-order valence-electron chi connectivity index (χ3n) is 3.22. The molecule has 0 amide bonds. The van der Waals surface area contributed by atoms with Crippen LogP contribution >= 0.6 is 0 Å². The molecule has 106 valence electrons. The second-order valence-corrected chi connectivity index (χ2v) is 6.95. The predicted octanol–water partition coefficient (Wildman–Crippen LogP) is 1.08. The smallest absolute Gasteiger partial charge is 0.154 e. The van der Waals surface area contributed by atoms with Crippen LogP contribution in [0.1, 0.15) is 12.5 Å². The SMILES string of the molecule is CC1CS(=O)(=O)CCN1c1c(F)cc(CO)cc1F. The number of rotatable bonds is 2. The summed E-state index contributed by atoms with van der Waals surface area (Å²) >= 11 is 0. The molecule has 0 radical (unpaired) electrons. The molecule has 1 aromatic rings. The van der Waals surface area contributed by atoms with Crippen molar-refractivity contribution in [2.45, 2.75) is 19.6 Å². The highest BCUT2D eigenvalue weighted by molar-refractivity contribution is 7.91. The molecule has 0 aromatic heterocycles. The van der Waals surface area contributed by atoms with E-state index >= 15 is 0 Å². The molecule has 1 aliphatic rings. The lowest BCUT2D eigenvalue weighted by Crippen LogP contribution is -2.47. The fourth-order valence-corrected chi connectivity index (χ4v) is 3.87. The fourth-order valence-electron chi connectivity index (χ4n) is 2.31. The van der Waals surface area contributed by atoms with Crippen molar-refractivity contribution in [2.75, 3.05) is 23.0 Å². The molecule has 19 heavy (non-hydrogen) atoms. The van der Waals surface area contributed by atoms with E-state index in [1.165, 1.54) is 4.90 Å². The summed E-state index contributed by atoms with van der Waals surface area (Å²) in [5.74, 6) is -1.80. The van der Waals surface area contributed by atoms with Crippen LogP contribution in [0.25, 0.3) is 0 Å². The van der Waals surface area contributed by atoms with E-state index in [-0.39, 0.29) is 29.3 Å². The Balaban J connectivity index is 2.38. The Hall–Kier alpha value is -1.21. The molecule has 0 saturated carbocycles. The summed E-state index contributed by atoms with van der Waals surface area (Å²) in [4.78, 5) is 1.42. The summed E-state index contributed by atoms with van der Waals surface area (Å²) in [6, 6.07) is 1.64. The molecule has 1 saturated heterocycles. The summed E-state index contributed by atoms with van der Waals surface area (Å²) in [6.45, 7) is 1.24. The molecule has 1 aromatic carbocycles. The maximum Gasteiger partial charge on any atom is 0.154 e. The Labute approximate surface area is 110 Å². The minimum atomic E-state index is -3.14. The van der Waals surface area contributed by atoms with Crippen molar-refractivity contribution < 1.29 is 22.3 Å². The number of hydrogen-bond donors (Lipinski definition) is 1. The van der Waals surface area contributed by atoms with E-state index in [4.69, 9.17) is 5.11 Å². The monoisotopic (exact) mass is 291 g/mol. The predicted molar refractivity (Wildman–Crippen MR) is 67.7 cm³/mol. The average Bonchev–Trinajstić information content (AvgIpc) is 2.30. The highest BCUT2D eigenvalue weighted by atomic mass is 32.2. The lowest BCUT2D eigenvalue weighted by molar-refractivity contribution is 0.280. The number of benzene rings is 1. The molecule has 1 atom stereocenters. The van der Waals surface area contributed by atoms with E-state index in [1.807, 2.05) is 0 Å². The normalized spacial score (nSPS) is 22.5. The first-order valence-corrected chi connectivity index (χ1v) is 7.72. The van der Waals surface area contributed by atoms with E-state index in [9.17, 15) is 17.2 Å². The van der Waals surface area contributed by atoms with Gasteiger partial charge in [-0.1, -0.05) is 0 Å². The van der Waals surface area contributed by atoms with Gasteiger partial charge in [0.2, 0.25) is 0 Å². The van der Waals surface area contributed by atoms with Gasteiger partial charge < -0.3 is 10.0 Å². The van der Waals surface area contributed by atoms with Crippen molar-refractivity contribution in [2.24, 2.45) is 0 Å². The van der Waals surface area contributed by atoms with Crippen molar-refractivity contribution in [3.05, 3.63) is 29.3 Å². The van der Waals surface area contributed by atoms with Crippen molar-refractivity contribution >= 4 is 15.5 Å². The van der Waals surface area contributed by atoms with Gasteiger partial charge in [-0.05, 0) is 24.6 Å². The highest BCUT2D eigenvalue weighted by Gasteiger charge is 2.31. The van der Waals surface area contributed by atoms with Crippen LogP contribution in [0.15, 0.2) is 12.1 Å². The molecule has 1 aliphatic heterocycles. The lowest BCUT2D eigenvalue weighted by atomic mass is 10.1. The number of hydrogen-bond acceptors (Lipinski definition) is 4. The average molecular weight is 291 g/mol. The molecular formula is C12H15F2NO3S. The Kier molecular flexibility index (Phi) is 3.78. The summed E-state index contributed by atoms with van der Waals surface area (Å²) in [7, 11) is -3.14. The third-order valence-corrected chi connectivity index (χ3v) is 5.01. The first kappa shape index (κ1) is 14.2. The molecule has 0 bridgehead atoms. The maximum atomic E-state index is 13.9. The van der Waals surface area contributed by atoms with E-state index in [0.29, 0.717) is 0 Å². The number of nitrogens with zero attached hydrogens (tertiary/aromatic N) is 1. The van der Waals surface area contributed by atoms with Gasteiger partial charge in [-0.3, -0.25) is 0 Å². The Morgan fingerprint density at radius 1 is 1.37 bits per heavy atom. The summed E-state index contributed by atoms with van der Waals surface area (Å²) < 4.78 is 50.7. The van der Waals surface area contributed by atoms with Crippen LogP contribution in [-0.2, 0) is 16.4 Å². The number of anilines is 1. The molecule has 2 rings (SSSR count). The highest BCUT2D eigenvalue weighted by Crippen LogP contribution is 2.28. The Bertz CT molecular complexity index is 566. The molecule has 1 fully saturated rings. The molecule has 7 heteroatoms. The van der Waals surface area contributed by atoms with Gasteiger partial charge in [-0.25, -0.2) is 17.2 Å². The summed E-state index contributed by atoms with van der Waals surface area (Å²) in [6.07, 6.45) is 0. The van der Waals surface area contributed by atoms with Crippen molar-refractivity contribution in [1.82, 2.24) is 0 Å². The minimum absolute atomic E-state index is 0.0653. The van der Waals surface area contributed by atoms with Gasteiger partial charge in [-0.2, -0.15) is 0 Å². The van der Waals surface area contributed by atoms with E-state index in [0.717, 1.165) is 12.1 Å². The molecule has 1 heterocycles. The quantitative estimate of drug-likeness (QED) is 0.886. The number of sulfone groups is 1. The first-order chi connectivity index (χ1) is 8.84. The van der Waals surface area contributed by atoms with Gasteiger partial charge in [-0.15, -0.1) is 0 Å². The van der Waals surface area contributed by atoms with Crippen molar-refractivity contribution in [3.8, 4) is 0 Å². The van der Waals surface area contributed by atoms with E-state index in [1.54, 1.807) is 6.92 Å². The molecule has 1 unspecified atom stereocenters. The second-order valence-electron chi connectivity index (χ2n) is 4.72. The minimum Gasteiger partial charge on any atom is -0.392 e. The zero-order valence-corrected chi connectivity index (χ0v) is 11.3. The van der Waals surface area contributed by atoms with Gasteiger partial charge >= 0.3 is 0 Å². The maximum absolute atomic E-state index is 13.9. The number of halogens is 2. The topological polar surface area (TPSA) is 57.6 Å².